The summed E-state index contributed by atoms with van der Waals surface area (Å²) in [7, 11) is -8.21. The molecule has 0 saturated carbocycles. The van der Waals surface area contributed by atoms with Crippen molar-refractivity contribution in [3.05, 3.63) is 40.8 Å². The van der Waals surface area contributed by atoms with Crippen molar-refractivity contribution in [2.45, 2.75) is 9.79 Å². The molecular formula is C12H11NO8S2. The van der Waals surface area contributed by atoms with Gasteiger partial charge in [-0.25, -0.2) is 0 Å². The molecule has 1 aromatic heterocycles. The van der Waals surface area contributed by atoms with Gasteiger partial charge in [0.1, 0.15) is 5.75 Å². The zero-order valence-corrected chi connectivity index (χ0v) is 13.2. The number of rotatable bonds is 3. The molecule has 0 unspecified atom stereocenters. The number of pyridine rings is 1. The van der Waals surface area contributed by atoms with Gasteiger partial charge in [0.05, 0.1) is 4.90 Å². The van der Waals surface area contributed by atoms with E-state index in [1.165, 1.54) is 13.2 Å². The van der Waals surface area contributed by atoms with Crippen LogP contribution in [0.2, 0.25) is 0 Å². The van der Waals surface area contributed by atoms with Crippen molar-refractivity contribution < 1.29 is 31.0 Å². The van der Waals surface area contributed by atoms with Crippen molar-refractivity contribution in [2.24, 2.45) is 7.05 Å². The van der Waals surface area contributed by atoms with E-state index in [2.05, 4.69) is 0 Å². The fourth-order valence-electron chi connectivity index (χ4n) is 1.97. The first-order valence-corrected chi connectivity index (χ1v) is 8.79. The van der Waals surface area contributed by atoms with Gasteiger partial charge < -0.3 is 9.67 Å². The highest BCUT2D eigenvalue weighted by atomic mass is 32.2. The van der Waals surface area contributed by atoms with E-state index in [0.29, 0.717) is 6.07 Å². The van der Waals surface area contributed by atoms with Gasteiger partial charge in [0, 0.05) is 30.4 Å². The number of nitrogens with zero attached hydrogens (tertiary/aromatic N) is 1. The number of hydrogen-bond acceptors (Lipinski definition) is 6. The van der Waals surface area contributed by atoms with Crippen LogP contribution in [0.5, 0.6) is 5.75 Å². The van der Waals surface area contributed by atoms with Gasteiger partial charge in [0.15, 0.2) is 4.90 Å². The first kappa shape index (κ1) is 17.1. The van der Waals surface area contributed by atoms with E-state index in [-0.39, 0.29) is 11.1 Å². The van der Waals surface area contributed by atoms with E-state index in [1.54, 1.807) is 0 Å². The minimum atomic E-state index is -4.90. The van der Waals surface area contributed by atoms with Crippen LogP contribution < -0.4 is 5.56 Å². The van der Waals surface area contributed by atoms with Crippen molar-refractivity contribution >= 4 is 20.2 Å². The van der Waals surface area contributed by atoms with Crippen LogP contribution in [0.1, 0.15) is 0 Å². The minimum absolute atomic E-state index is 0.206. The highest BCUT2D eigenvalue weighted by molar-refractivity contribution is 7.86. The molecule has 124 valence electrons. The van der Waals surface area contributed by atoms with Crippen LogP contribution in [-0.2, 0) is 27.3 Å². The molecule has 3 N–H and O–H groups in total. The summed E-state index contributed by atoms with van der Waals surface area (Å²) in [5.41, 5.74) is -1.54. The third-order valence-electron chi connectivity index (χ3n) is 3.04. The Labute approximate surface area is 130 Å². The molecule has 0 saturated heterocycles. The third-order valence-corrected chi connectivity index (χ3v) is 4.80. The Morgan fingerprint density at radius 3 is 2.04 bits per heavy atom. The molecule has 0 spiro atoms. The normalized spacial score (nSPS) is 12.3. The van der Waals surface area contributed by atoms with Crippen LogP contribution in [0.25, 0.3) is 11.1 Å². The Morgan fingerprint density at radius 2 is 1.57 bits per heavy atom. The molecule has 1 heterocycles. The van der Waals surface area contributed by atoms with Crippen LogP contribution in [0.3, 0.4) is 0 Å². The first-order chi connectivity index (χ1) is 10.4. The van der Waals surface area contributed by atoms with Crippen molar-refractivity contribution in [1.29, 1.82) is 0 Å². The molecule has 11 heteroatoms. The van der Waals surface area contributed by atoms with Crippen molar-refractivity contribution in [1.82, 2.24) is 4.57 Å². The first-order valence-electron chi connectivity index (χ1n) is 5.91. The molecule has 0 aliphatic carbocycles. The number of aromatic nitrogens is 1. The highest BCUT2D eigenvalue weighted by Gasteiger charge is 2.24. The lowest BCUT2D eigenvalue weighted by Crippen LogP contribution is -2.24. The molecule has 0 bridgehead atoms. The summed E-state index contributed by atoms with van der Waals surface area (Å²) >= 11 is 0. The summed E-state index contributed by atoms with van der Waals surface area (Å²) < 4.78 is 64.0. The quantitative estimate of drug-likeness (QED) is 0.658. The molecule has 2 aromatic rings. The van der Waals surface area contributed by atoms with Crippen LogP contribution in [0.15, 0.2) is 45.0 Å². The van der Waals surface area contributed by atoms with Crippen molar-refractivity contribution in [3.63, 3.8) is 0 Å². The van der Waals surface area contributed by atoms with E-state index in [1.807, 2.05) is 0 Å². The number of phenols is 1. The topological polar surface area (TPSA) is 151 Å². The summed E-state index contributed by atoms with van der Waals surface area (Å²) in [6, 6.07) is 3.76. The van der Waals surface area contributed by atoms with Gasteiger partial charge in [0.25, 0.3) is 15.7 Å². The molecule has 0 atom stereocenters. The standard InChI is InChI=1S/C12H11NO8S2/c1-13-5-4-9(11(12(13)15)23(19,20)21)8-3-2-7(6-10(8)14)22(16,17)18/h2-6,14H,1H3,(H,16,17,18)(H,19,20,21). The Bertz CT molecular complexity index is 1050. The summed E-state index contributed by atoms with van der Waals surface area (Å²) in [5, 5.41) is 9.90. The number of benzene rings is 1. The summed E-state index contributed by atoms with van der Waals surface area (Å²) in [6.07, 6.45) is 1.21. The van der Waals surface area contributed by atoms with Gasteiger partial charge in [-0.1, -0.05) is 0 Å². The smallest absolute Gasteiger partial charge is 0.300 e. The van der Waals surface area contributed by atoms with Gasteiger partial charge in [-0.3, -0.25) is 13.9 Å². The lowest BCUT2D eigenvalue weighted by atomic mass is 10.1. The predicted octanol–water partition coefficient (Wildman–Crippen LogP) is 0.251. The Hall–Kier alpha value is -2.21. The SMILES string of the molecule is Cn1ccc(-c2ccc(S(=O)(=O)O)cc2O)c(S(=O)(=O)O)c1=O. The second-order valence-electron chi connectivity index (χ2n) is 4.60. The second-order valence-corrected chi connectivity index (χ2v) is 7.38. The number of hydrogen-bond donors (Lipinski definition) is 3. The molecule has 9 nitrogen and oxygen atoms in total. The Morgan fingerprint density at radius 1 is 0.957 bits per heavy atom. The summed E-state index contributed by atoms with van der Waals surface area (Å²) in [4.78, 5) is 10.4. The van der Waals surface area contributed by atoms with Gasteiger partial charge in [-0.2, -0.15) is 16.8 Å². The van der Waals surface area contributed by atoms with Gasteiger partial charge in [-0.05, 0) is 18.2 Å². The lowest BCUT2D eigenvalue weighted by Gasteiger charge is -2.11. The third kappa shape index (κ3) is 3.27. The molecule has 0 fully saturated rings. The molecule has 1 aromatic carbocycles. The minimum Gasteiger partial charge on any atom is -0.507 e. The van der Waals surface area contributed by atoms with Crippen LogP contribution in [0, 0.1) is 0 Å². The van der Waals surface area contributed by atoms with Crippen molar-refractivity contribution in [2.75, 3.05) is 0 Å². The molecule has 2 rings (SSSR count). The fourth-order valence-corrected chi connectivity index (χ4v) is 3.29. The largest absolute Gasteiger partial charge is 0.507 e. The lowest BCUT2D eigenvalue weighted by molar-refractivity contribution is 0.467. The molecule has 23 heavy (non-hydrogen) atoms. The maximum atomic E-state index is 12.0. The number of aryl methyl sites for hydroxylation is 1. The number of phenolic OH excluding ortho intramolecular Hbond substituents is 1. The predicted molar refractivity (Wildman–Crippen MR) is 78.4 cm³/mol. The van der Waals surface area contributed by atoms with Gasteiger partial charge >= 0.3 is 10.1 Å². The van der Waals surface area contributed by atoms with Crippen molar-refractivity contribution in [3.8, 4) is 16.9 Å². The summed E-state index contributed by atoms with van der Waals surface area (Å²) in [6.45, 7) is 0. The monoisotopic (exact) mass is 361 g/mol. The maximum absolute atomic E-state index is 12.0. The maximum Gasteiger partial charge on any atom is 0.300 e. The molecule has 0 radical (unpaired) electrons. The van der Waals surface area contributed by atoms with Crippen LogP contribution >= 0.6 is 0 Å². The zero-order valence-electron chi connectivity index (χ0n) is 11.5. The average molecular weight is 361 g/mol. The Kier molecular flexibility index (Phi) is 4.07. The van der Waals surface area contributed by atoms with E-state index in [4.69, 9.17) is 4.55 Å². The van der Waals surface area contributed by atoms with Crippen LogP contribution in [0.4, 0.5) is 0 Å². The van der Waals surface area contributed by atoms with Gasteiger partial charge in [0.2, 0.25) is 0 Å². The van der Waals surface area contributed by atoms with E-state index < -0.39 is 41.3 Å². The zero-order chi connectivity index (χ0) is 17.6. The van der Waals surface area contributed by atoms with Gasteiger partial charge in [-0.15, -0.1) is 0 Å². The average Bonchev–Trinajstić information content (AvgIpc) is 2.39. The molecule has 0 aliphatic rings. The molecular weight excluding hydrogens is 350 g/mol. The number of aromatic hydroxyl groups is 1. The fraction of sp³-hybridized carbons (Fsp3) is 0.0833. The van der Waals surface area contributed by atoms with Crippen LogP contribution in [-0.4, -0.2) is 35.6 Å². The molecule has 0 aliphatic heterocycles. The van der Waals surface area contributed by atoms with E-state index >= 15 is 0 Å². The van der Waals surface area contributed by atoms with E-state index in [9.17, 15) is 31.3 Å². The van der Waals surface area contributed by atoms with E-state index in [0.717, 1.165) is 22.8 Å². The summed E-state index contributed by atoms with van der Waals surface area (Å²) in [5.74, 6) is -0.696. The Balaban J connectivity index is 2.84. The highest BCUT2D eigenvalue weighted by Crippen LogP contribution is 2.33. The second kappa shape index (κ2) is 5.45. The molecule has 0 amide bonds.